The smallest absolute Gasteiger partial charge is 0.411 e. The summed E-state index contributed by atoms with van der Waals surface area (Å²) in [6, 6.07) is 6.64. The number of hydrogen-bond acceptors (Lipinski definition) is 6. The number of rotatable bonds is 7. The molecule has 2 N–H and O–H groups in total. The van der Waals surface area contributed by atoms with Crippen molar-refractivity contribution in [2.45, 2.75) is 38.5 Å². The van der Waals surface area contributed by atoms with Gasteiger partial charge in [-0.2, -0.15) is 26.3 Å². The Balaban J connectivity index is 2.10. The minimum Gasteiger partial charge on any atom is -0.469 e. The van der Waals surface area contributed by atoms with Crippen molar-refractivity contribution in [3.63, 3.8) is 0 Å². The molecule has 2 atom stereocenters. The number of nitrogens with one attached hydrogen (secondary N) is 2. The first-order valence-electron chi connectivity index (χ1n) is 12.8. The highest BCUT2D eigenvalue weighted by molar-refractivity contribution is 6.08. The largest absolute Gasteiger partial charge is 0.469 e. The molecule has 0 radical (unpaired) electrons. The predicted octanol–water partition coefficient (Wildman–Crippen LogP) is 4.69. The van der Waals surface area contributed by atoms with E-state index in [2.05, 4.69) is 10.6 Å². The topological polar surface area (TPSA) is 111 Å². The highest BCUT2D eigenvalue weighted by atomic mass is 19.4. The fourth-order valence-electron chi connectivity index (χ4n) is 6.35. The van der Waals surface area contributed by atoms with E-state index in [0.717, 1.165) is 50.6 Å². The van der Waals surface area contributed by atoms with Crippen LogP contribution in [-0.2, 0) is 34.1 Å². The van der Waals surface area contributed by atoms with E-state index in [1.54, 1.807) is 0 Å². The van der Waals surface area contributed by atoms with Crippen molar-refractivity contribution in [1.29, 1.82) is 0 Å². The number of halogens is 6. The van der Waals surface area contributed by atoms with E-state index in [1.165, 1.54) is 27.8 Å². The predicted molar refractivity (Wildman–Crippen MR) is 140 cm³/mol. The maximum atomic E-state index is 14.4. The average molecular weight is 617 g/mol. The summed E-state index contributed by atoms with van der Waals surface area (Å²) in [5.41, 5.74) is -10.1. The van der Waals surface area contributed by atoms with Gasteiger partial charge in [-0.05, 0) is 44.0 Å². The van der Waals surface area contributed by atoms with Gasteiger partial charge in [-0.15, -0.1) is 0 Å². The zero-order valence-electron chi connectivity index (χ0n) is 24.0. The zero-order chi connectivity index (χ0) is 32.8. The van der Waals surface area contributed by atoms with Crippen LogP contribution in [0.4, 0.5) is 32.0 Å². The van der Waals surface area contributed by atoms with Gasteiger partial charge in [0.25, 0.3) is 0 Å². The molecular weight excluding hydrogens is 586 g/mol. The molecule has 0 spiro atoms. The van der Waals surface area contributed by atoms with Crippen LogP contribution in [0.2, 0.25) is 0 Å². The van der Waals surface area contributed by atoms with Gasteiger partial charge in [0, 0.05) is 12.7 Å². The van der Waals surface area contributed by atoms with E-state index in [9.17, 15) is 45.5 Å². The molecule has 1 aliphatic carbocycles. The van der Waals surface area contributed by atoms with Gasteiger partial charge < -0.3 is 20.1 Å². The number of methoxy groups -OCH3 is 2. The fraction of sp³-hybridized carbons (Fsp3) is 0.448. The summed E-state index contributed by atoms with van der Waals surface area (Å²) < 4.78 is 96.2. The van der Waals surface area contributed by atoms with Gasteiger partial charge in [-0.3, -0.25) is 19.2 Å². The summed E-state index contributed by atoms with van der Waals surface area (Å²) in [6.07, 6.45) is -11.6. The maximum absolute atomic E-state index is 14.4. The van der Waals surface area contributed by atoms with Gasteiger partial charge in [0.15, 0.2) is 0 Å². The van der Waals surface area contributed by atoms with E-state index in [-0.39, 0.29) is 5.69 Å². The molecule has 0 saturated heterocycles. The first-order chi connectivity index (χ1) is 19.8. The van der Waals surface area contributed by atoms with Crippen LogP contribution in [-0.4, -0.2) is 57.4 Å². The molecule has 234 valence electrons. The second kappa shape index (κ2) is 11.2. The first-order valence-corrected chi connectivity index (χ1v) is 12.8. The molecule has 1 saturated carbocycles. The SMILES string of the molecule is CNC(=O)C1(C)C(C(=O)OC)C(C)(C(=O)Nc2ccc(C(c3ccc(C)cc3)(C(F)(F)F)C(F)(F)F)cc2)C1C(=O)OC. The molecule has 8 nitrogen and oxygen atoms in total. The van der Waals surface area contributed by atoms with Gasteiger partial charge in [0.2, 0.25) is 17.2 Å². The van der Waals surface area contributed by atoms with Gasteiger partial charge in [-0.25, -0.2) is 0 Å². The third-order valence-corrected chi connectivity index (χ3v) is 8.39. The Bertz CT molecular complexity index is 1360. The molecule has 1 fully saturated rings. The third kappa shape index (κ3) is 4.89. The number of carbonyl (C=O) groups is 4. The molecule has 43 heavy (non-hydrogen) atoms. The Morgan fingerprint density at radius 2 is 1.07 bits per heavy atom. The first kappa shape index (κ1) is 33.4. The molecule has 2 amide bonds. The minimum atomic E-state index is -5.81. The number of hydrogen-bond donors (Lipinski definition) is 2. The van der Waals surface area contributed by atoms with E-state index in [4.69, 9.17) is 9.47 Å². The van der Waals surface area contributed by atoms with Crippen LogP contribution >= 0.6 is 0 Å². The molecule has 14 heteroatoms. The highest BCUT2D eigenvalue weighted by Gasteiger charge is 2.78. The van der Waals surface area contributed by atoms with Gasteiger partial charge >= 0.3 is 24.3 Å². The Morgan fingerprint density at radius 1 is 0.698 bits per heavy atom. The van der Waals surface area contributed by atoms with Crippen LogP contribution < -0.4 is 10.6 Å². The number of amides is 2. The highest BCUT2D eigenvalue weighted by Crippen LogP contribution is 2.65. The summed E-state index contributed by atoms with van der Waals surface area (Å²) in [5.74, 6) is -6.82. The minimum absolute atomic E-state index is 0.238. The summed E-state index contributed by atoms with van der Waals surface area (Å²) in [6.45, 7) is 4.00. The number of carbonyl (C=O) groups excluding carboxylic acids is 4. The van der Waals surface area contributed by atoms with Crippen molar-refractivity contribution >= 4 is 29.4 Å². The van der Waals surface area contributed by atoms with E-state index < -0.39 is 75.3 Å². The second-order valence-electron chi connectivity index (χ2n) is 10.7. The number of esters is 2. The van der Waals surface area contributed by atoms with E-state index >= 15 is 0 Å². The molecule has 3 rings (SSSR count). The van der Waals surface area contributed by atoms with Crippen LogP contribution in [0.3, 0.4) is 0 Å². The van der Waals surface area contributed by atoms with Crippen LogP contribution in [0.15, 0.2) is 48.5 Å². The third-order valence-electron chi connectivity index (χ3n) is 8.39. The van der Waals surface area contributed by atoms with E-state index in [1.807, 2.05) is 0 Å². The van der Waals surface area contributed by atoms with Crippen molar-refractivity contribution in [2.75, 3.05) is 26.6 Å². The van der Waals surface area contributed by atoms with Crippen molar-refractivity contribution in [1.82, 2.24) is 5.32 Å². The number of ether oxygens (including phenoxy) is 2. The molecule has 0 heterocycles. The molecule has 2 unspecified atom stereocenters. The quantitative estimate of drug-likeness (QED) is 0.345. The standard InChI is InChI=1S/C29H30F6N2O6/c1-15-7-9-16(10-8-15)27(28(30,31)32,29(33,34)35)17-11-13-18(14-12-17)37-24(41)26(3)19(21(38)42-5)25(2,23(40)36-4)20(26)22(39)43-6/h7-14,19-20H,1-6H3,(H,36,40)(H,37,41). The van der Waals surface area contributed by atoms with Crippen molar-refractivity contribution in [3.05, 3.63) is 65.2 Å². The van der Waals surface area contributed by atoms with Crippen LogP contribution in [0.1, 0.15) is 30.5 Å². The summed E-state index contributed by atoms with van der Waals surface area (Å²) in [5, 5.41) is 4.69. The van der Waals surface area contributed by atoms with E-state index in [0.29, 0.717) is 17.7 Å². The molecule has 0 aromatic heterocycles. The lowest BCUT2D eigenvalue weighted by molar-refractivity contribution is -0.288. The summed E-state index contributed by atoms with van der Waals surface area (Å²) in [4.78, 5) is 52.1. The van der Waals surface area contributed by atoms with Gasteiger partial charge in [0.05, 0.1) is 36.9 Å². The Morgan fingerprint density at radius 3 is 1.42 bits per heavy atom. The molecule has 1 aliphatic rings. The Hall–Kier alpha value is -4.10. The lowest BCUT2D eigenvalue weighted by atomic mass is 9.39. The number of alkyl halides is 6. The molecule has 0 bridgehead atoms. The number of aryl methyl sites for hydroxylation is 1. The van der Waals surface area contributed by atoms with Crippen LogP contribution in [0.25, 0.3) is 0 Å². The van der Waals surface area contributed by atoms with Crippen molar-refractivity contribution in [2.24, 2.45) is 22.7 Å². The monoisotopic (exact) mass is 616 g/mol. The summed E-state index contributed by atoms with van der Waals surface area (Å²) >= 11 is 0. The lowest BCUT2D eigenvalue weighted by Crippen LogP contribution is -2.75. The molecule has 2 aromatic carbocycles. The lowest BCUT2D eigenvalue weighted by Gasteiger charge is -2.60. The normalized spacial score (nSPS) is 23.9. The second-order valence-corrected chi connectivity index (χ2v) is 10.7. The maximum Gasteiger partial charge on any atom is 0.411 e. The van der Waals surface area contributed by atoms with Gasteiger partial charge in [0.1, 0.15) is 0 Å². The number of benzene rings is 2. The fourth-order valence-corrected chi connectivity index (χ4v) is 6.35. The van der Waals surface area contributed by atoms with Gasteiger partial charge in [-0.1, -0.05) is 42.0 Å². The van der Waals surface area contributed by atoms with Crippen molar-refractivity contribution in [3.8, 4) is 0 Å². The summed E-state index contributed by atoms with van der Waals surface area (Å²) in [7, 11) is 3.28. The van der Waals surface area contributed by atoms with Crippen LogP contribution in [0.5, 0.6) is 0 Å². The molecular formula is C29H30F6N2O6. The van der Waals surface area contributed by atoms with Crippen LogP contribution in [0, 0.1) is 29.6 Å². The molecule has 0 aliphatic heterocycles. The Kier molecular flexibility index (Phi) is 8.69. The number of anilines is 1. The Labute approximate surface area is 243 Å². The molecule has 2 aromatic rings. The van der Waals surface area contributed by atoms with Crippen molar-refractivity contribution < 1.29 is 55.0 Å². The zero-order valence-corrected chi connectivity index (χ0v) is 24.0. The average Bonchev–Trinajstić information content (AvgIpc) is 2.92.